The number of nitrogens with zero attached hydrogens (tertiary/aromatic N) is 2. The second kappa shape index (κ2) is 5.77. The van der Waals surface area contributed by atoms with Crippen LogP contribution in [0.25, 0.3) is 0 Å². The van der Waals surface area contributed by atoms with Crippen LogP contribution in [0.5, 0.6) is 0 Å². The zero-order valence-electron chi connectivity index (χ0n) is 11.5. The monoisotopic (exact) mass is 270 g/mol. The van der Waals surface area contributed by atoms with Crippen LogP contribution in [-0.2, 0) is 9.53 Å². The standard InChI is InChI=1S/C13H22N2O4/c1-9-4-3-5-10(2)15(9)13(18)14-6-7-19-8-11(14)12(16)17/h9-11H,3-8H2,1-2H3,(H,16,17)/t9-,10+,11?. The summed E-state index contributed by atoms with van der Waals surface area (Å²) in [6, 6.07) is -0.667. The van der Waals surface area contributed by atoms with E-state index in [1.54, 1.807) is 0 Å². The minimum absolute atomic E-state index is 0.0810. The number of carbonyl (C=O) groups excluding carboxylic acids is 1. The smallest absolute Gasteiger partial charge is 0.328 e. The van der Waals surface area contributed by atoms with Gasteiger partial charge in [-0.15, -0.1) is 0 Å². The van der Waals surface area contributed by atoms with Crippen molar-refractivity contribution in [3.05, 3.63) is 0 Å². The molecule has 0 saturated carbocycles. The van der Waals surface area contributed by atoms with Crippen LogP contribution in [0.15, 0.2) is 0 Å². The van der Waals surface area contributed by atoms with Crippen molar-refractivity contribution in [2.45, 2.75) is 51.2 Å². The van der Waals surface area contributed by atoms with Crippen LogP contribution >= 0.6 is 0 Å². The van der Waals surface area contributed by atoms with Gasteiger partial charge < -0.3 is 19.6 Å². The van der Waals surface area contributed by atoms with E-state index in [0.29, 0.717) is 13.2 Å². The Morgan fingerprint density at radius 1 is 1.21 bits per heavy atom. The molecule has 2 heterocycles. The van der Waals surface area contributed by atoms with Crippen molar-refractivity contribution in [1.82, 2.24) is 9.80 Å². The van der Waals surface area contributed by atoms with Crippen LogP contribution in [0.4, 0.5) is 4.79 Å². The van der Waals surface area contributed by atoms with Gasteiger partial charge in [0, 0.05) is 18.6 Å². The quantitative estimate of drug-likeness (QED) is 0.776. The SMILES string of the molecule is C[C@@H]1CCC[C@H](C)N1C(=O)N1CCOCC1C(=O)O. The Kier molecular flexibility index (Phi) is 4.29. The fourth-order valence-electron chi connectivity index (χ4n) is 2.98. The van der Waals surface area contributed by atoms with Gasteiger partial charge in [-0.2, -0.15) is 0 Å². The molecule has 108 valence electrons. The van der Waals surface area contributed by atoms with Crippen LogP contribution in [0, 0.1) is 0 Å². The first-order valence-corrected chi connectivity index (χ1v) is 6.92. The summed E-state index contributed by atoms with van der Waals surface area (Å²) in [6.45, 7) is 4.91. The highest BCUT2D eigenvalue weighted by Gasteiger charge is 2.38. The number of piperidine rings is 1. The number of morpholine rings is 1. The summed E-state index contributed by atoms with van der Waals surface area (Å²) in [5.41, 5.74) is 0. The number of carbonyl (C=O) groups is 2. The number of hydrogen-bond donors (Lipinski definition) is 1. The normalized spacial score (nSPS) is 32.2. The lowest BCUT2D eigenvalue weighted by molar-refractivity contribution is -0.148. The highest BCUT2D eigenvalue weighted by Crippen LogP contribution is 2.25. The van der Waals surface area contributed by atoms with Crippen molar-refractivity contribution >= 4 is 12.0 Å². The van der Waals surface area contributed by atoms with Crippen LogP contribution in [0.3, 0.4) is 0 Å². The minimum atomic E-state index is -0.995. The first-order valence-electron chi connectivity index (χ1n) is 6.92. The Balaban J connectivity index is 2.14. The molecular formula is C13H22N2O4. The average Bonchev–Trinajstić information content (AvgIpc) is 2.38. The number of urea groups is 1. The first-order chi connectivity index (χ1) is 9.02. The predicted molar refractivity (Wildman–Crippen MR) is 69.0 cm³/mol. The van der Waals surface area contributed by atoms with Crippen LogP contribution < -0.4 is 0 Å². The Bertz CT molecular complexity index is 351. The molecular weight excluding hydrogens is 248 g/mol. The summed E-state index contributed by atoms with van der Waals surface area (Å²) >= 11 is 0. The third-order valence-electron chi connectivity index (χ3n) is 4.07. The maximum atomic E-state index is 12.6. The van der Waals surface area contributed by atoms with E-state index in [-0.39, 0.29) is 24.7 Å². The lowest BCUT2D eigenvalue weighted by atomic mass is 9.98. The van der Waals surface area contributed by atoms with Crippen molar-refractivity contribution in [1.29, 1.82) is 0 Å². The van der Waals surface area contributed by atoms with Crippen molar-refractivity contribution in [3.63, 3.8) is 0 Å². The molecule has 2 saturated heterocycles. The van der Waals surface area contributed by atoms with Gasteiger partial charge >= 0.3 is 12.0 Å². The van der Waals surface area contributed by atoms with Gasteiger partial charge in [-0.1, -0.05) is 0 Å². The molecule has 2 aliphatic heterocycles. The molecule has 0 radical (unpaired) electrons. The summed E-state index contributed by atoms with van der Waals surface area (Å²) in [5.74, 6) is -0.995. The Labute approximate surface area is 113 Å². The zero-order chi connectivity index (χ0) is 14.0. The fourth-order valence-corrected chi connectivity index (χ4v) is 2.98. The topological polar surface area (TPSA) is 70.1 Å². The van der Waals surface area contributed by atoms with E-state index in [0.717, 1.165) is 19.3 Å². The Hall–Kier alpha value is -1.30. The molecule has 0 aromatic carbocycles. The van der Waals surface area contributed by atoms with Crippen molar-refractivity contribution in [3.8, 4) is 0 Å². The molecule has 0 aromatic heterocycles. The molecule has 19 heavy (non-hydrogen) atoms. The van der Waals surface area contributed by atoms with Gasteiger partial charge in [-0.25, -0.2) is 9.59 Å². The Morgan fingerprint density at radius 2 is 1.84 bits per heavy atom. The Morgan fingerprint density at radius 3 is 2.42 bits per heavy atom. The van der Waals surface area contributed by atoms with E-state index in [2.05, 4.69) is 0 Å². The number of carboxylic acid groups (broad SMARTS) is 1. The largest absolute Gasteiger partial charge is 0.480 e. The maximum Gasteiger partial charge on any atom is 0.328 e. The van der Waals surface area contributed by atoms with Gasteiger partial charge in [0.05, 0.1) is 13.2 Å². The number of hydrogen-bond acceptors (Lipinski definition) is 3. The summed E-state index contributed by atoms with van der Waals surface area (Å²) < 4.78 is 5.17. The molecule has 3 atom stereocenters. The number of amides is 2. The van der Waals surface area contributed by atoms with E-state index < -0.39 is 12.0 Å². The second-order valence-electron chi connectivity index (χ2n) is 5.44. The molecule has 2 fully saturated rings. The van der Waals surface area contributed by atoms with Crippen LogP contribution in [0.1, 0.15) is 33.1 Å². The van der Waals surface area contributed by atoms with Gasteiger partial charge in [-0.3, -0.25) is 0 Å². The molecule has 2 amide bonds. The summed E-state index contributed by atoms with van der Waals surface area (Å²) in [4.78, 5) is 27.1. The molecule has 6 nitrogen and oxygen atoms in total. The fraction of sp³-hybridized carbons (Fsp3) is 0.846. The average molecular weight is 270 g/mol. The third-order valence-corrected chi connectivity index (χ3v) is 4.07. The highest BCUT2D eigenvalue weighted by molar-refractivity contribution is 5.83. The minimum Gasteiger partial charge on any atom is -0.480 e. The number of aliphatic carboxylic acids is 1. The van der Waals surface area contributed by atoms with Gasteiger partial charge in [0.25, 0.3) is 0 Å². The summed E-state index contributed by atoms with van der Waals surface area (Å²) in [7, 11) is 0. The predicted octanol–water partition coefficient (Wildman–Crippen LogP) is 1.15. The van der Waals surface area contributed by atoms with E-state index in [1.807, 2.05) is 18.7 Å². The first kappa shape index (κ1) is 14.1. The highest BCUT2D eigenvalue weighted by atomic mass is 16.5. The molecule has 6 heteroatoms. The van der Waals surface area contributed by atoms with Crippen molar-refractivity contribution in [2.75, 3.05) is 19.8 Å². The van der Waals surface area contributed by atoms with Gasteiger partial charge in [0.1, 0.15) is 0 Å². The van der Waals surface area contributed by atoms with E-state index >= 15 is 0 Å². The molecule has 0 spiro atoms. The van der Waals surface area contributed by atoms with Crippen LogP contribution in [0.2, 0.25) is 0 Å². The van der Waals surface area contributed by atoms with Crippen LogP contribution in [-0.4, -0.2) is 64.8 Å². The lowest BCUT2D eigenvalue weighted by Crippen LogP contribution is -2.60. The number of carboxylic acids is 1. The number of ether oxygens (including phenoxy) is 1. The van der Waals surface area contributed by atoms with E-state index in [9.17, 15) is 14.7 Å². The molecule has 0 aliphatic carbocycles. The number of rotatable bonds is 1. The van der Waals surface area contributed by atoms with Crippen molar-refractivity contribution in [2.24, 2.45) is 0 Å². The zero-order valence-corrected chi connectivity index (χ0v) is 11.5. The number of likely N-dealkylation sites (tertiary alicyclic amines) is 1. The molecule has 2 rings (SSSR count). The molecule has 0 aromatic rings. The molecule has 0 bridgehead atoms. The van der Waals surface area contributed by atoms with Gasteiger partial charge in [-0.05, 0) is 33.1 Å². The van der Waals surface area contributed by atoms with Crippen molar-refractivity contribution < 1.29 is 19.4 Å². The lowest BCUT2D eigenvalue weighted by Gasteiger charge is -2.44. The maximum absolute atomic E-state index is 12.6. The van der Waals surface area contributed by atoms with Gasteiger partial charge in [0.2, 0.25) is 0 Å². The molecule has 1 N–H and O–H groups in total. The molecule has 1 unspecified atom stereocenters. The summed E-state index contributed by atoms with van der Waals surface area (Å²) in [6.07, 6.45) is 3.09. The molecule has 2 aliphatic rings. The van der Waals surface area contributed by atoms with E-state index in [4.69, 9.17) is 4.74 Å². The second-order valence-corrected chi connectivity index (χ2v) is 5.44. The third kappa shape index (κ3) is 2.83. The van der Waals surface area contributed by atoms with E-state index in [1.165, 1.54) is 4.90 Å². The van der Waals surface area contributed by atoms with Gasteiger partial charge in [0.15, 0.2) is 6.04 Å². The summed E-state index contributed by atoms with van der Waals surface area (Å²) in [5, 5.41) is 9.20.